The SMILES string of the molecule is CC(=O)O[C@H]1CC[C@]2(C)[C@H]3CC=C4[C@H]5[C@@H](C)[C@H](C)CC[C@]5(C)CC[C@@]4(C)[C@]3(C)CC[C@H]2C1(C)C. The first-order chi connectivity index (χ1) is 15.7. The molecule has 0 N–H and O–H groups in total. The molecule has 0 aromatic heterocycles. The van der Waals surface area contributed by atoms with Gasteiger partial charge in [0, 0.05) is 12.3 Å². The zero-order valence-corrected chi connectivity index (χ0v) is 23.7. The van der Waals surface area contributed by atoms with E-state index in [9.17, 15) is 4.79 Å². The summed E-state index contributed by atoms with van der Waals surface area (Å²) in [6.07, 6.45) is 14.6. The second kappa shape index (κ2) is 7.61. The minimum absolute atomic E-state index is 0.0450. The number of carbonyl (C=O) groups excluding carboxylic acids is 1. The molecule has 10 atom stereocenters. The second-order valence-corrected chi connectivity index (χ2v) is 15.3. The number of hydrogen-bond acceptors (Lipinski definition) is 2. The van der Waals surface area contributed by atoms with E-state index in [0.29, 0.717) is 27.6 Å². The van der Waals surface area contributed by atoms with Gasteiger partial charge in [0.1, 0.15) is 6.10 Å². The van der Waals surface area contributed by atoms with Crippen molar-refractivity contribution in [1.82, 2.24) is 0 Å². The Kier molecular flexibility index (Phi) is 5.57. The smallest absolute Gasteiger partial charge is 0.302 e. The van der Waals surface area contributed by atoms with Crippen LogP contribution in [0.15, 0.2) is 11.6 Å². The maximum Gasteiger partial charge on any atom is 0.302 e. The summed E-state index contributed by atoms with van der Waals surface area (Å²) < 4.78 is 5.91. The normalized spacial score (nSPS) is 54.0. The van der Waals surface area contributed by atoms with E-state index in [2.05, 4.69) is 61.5 Å². The van der Waals surface area contributed by atoms with Crippen LogP contribution >= 0.6 is 0 Å². The minimum Gasteiger partial charge on any atom is -0.462 e. The first kappa shape index (κ1) is 24.9. The summed E-state index contributed by atoms with van der Waals surface area (Å²) in [6.45, 7) is 22.1. The van der Waals surface area contributed by atoms with Gasteiger partial charge in [-0.25, -0.2) is 0 Å². The van der Waals surface area contributed by atoms with Crippen LogP contribution in [0.4, 0.5) is 0 Å². The van der Waals surface area contributed by atoms with E-state index >= 15 is 0 Å². The van der Waals surface area contributed by atoms with E-state index in [-0.39, 0.29) is 17.5 Å². The van der Waals surface area contributed by atoms with Gasteiger partial charge in [-0.1, -0.05) is 67.0 Å². The van der Waals surface area contributed by atoms with Gasteiger partial charge < -0.3 is 4.74 Å². The van der Waals surface area contributed by atoms with E-state index in [0.717, 1.165) is 30.1 Å². The average Bonchev–Trinajstić information content (AvgIpc) is 2.74. The Morgan fingerprint density at radius 1 is 0.882 bits per heavy atom. The first-order valence-corrected chi connectivity index (χ1v) is 14.6. The van der Waals surface area contributed by atoms with Gasteiger partial charge in [0.05, 0.1) is 0 Å². The molecular formula is C32H52O2. The van der Waals surface area contributed by atoms with Gasteiger partial charge in [0.15, 0.2) is 0 Å². The predicted molar refractivity (Wildman–Crippen MR) is 140 cm³/mol. The third kappa shape index (κ3) is 3.08. The highest BCUT2D eigenvalue weighted by Crippen LogP contribution is 2.75. The lowest BCUT2D eigenvalue weighted by molar-refractivity contribution is -0.212. The lowest BCUT2D eigenvalue weighted by Crippen LogP contribution is -2.65. The Hall–Kier alpha value is -0.790. The summed E-state index contributed by atoms with van der Waals surface area (Å²) in [6, 6.07) is 0. The molecule has 34 heavy (non-hydrogen) atoms. The summed E-state index contributed by atoms with van der Waals surface area (Å²) in [5.74, 6) is 3.66. The van der Waals surface area contributed by atoms with Gasteiger partial charge in [0.2, 0.25) is 0 Å². The third-order valence-corrected chi connectivity index (χ3v) is 13.6. The largest absolute Gasteiger partial charge is 0.462 e. The van der Waals surface area contributed by atoms with Crippen molar-refractivity contribution in [3.8, 4) is 0 Å². The number of rotatable bonds is 1. The zero-order valence-electron chi connectivity index (χ0n) is 23.7. The van der Waals surface area contributed by atoms with Crippen molar-refractivity contribution >= 4 is 5.97 Å². The Labute approximate surface area is 210 Å². The highest BCUT2D eigenvalue weighted by atomic mass is 16.5. The Morgan fingerprint density at radius 3 is 2.26 bits per heavy atom. The number of fused-ring (bicyclic) bond motifs is 7. The maximum absolute atomic E-state index is 11.9. The molecule has 0 unspecified atom stereocenters. The predicted octanol–water partition coefficient (Wildman–Crippen LogP) is 8.60. The highest BCUT2D eigenvalue weighted by molar-refractivity contribution is 5.66. The first-order valence-electron chi connectivity index (χ1n) is 14.6. The lowest BCUT2D eigenvalue weighted by atomic mass is 9.33. The molecule has 192 valence electrons. The molecule has 2 heteroatoms. The van der Waals surface area contributed by atoms with Gasteiger partial charge in [-0.2, -0.15) is 0 Å². The lowest BCUT2D eigenvalue weighted by Gasteiger charge is -2.71. The Morgan fingerprint density at radius 2 is 1.59 bits per heavy atom. The van der Waals surface area contributed by atoms with Crippen LogP contribution in [0.5, 0.6) is 0 Å². The molecule has 2 nitrogen and oxygen atoms in total. The zero-order chi connectivity index (χ0) is 24.9. The van der Waals surface area contributed by atoms with Crippen LogP contribution in [-0.4, -0.2) is 12.1 Å². The quantitative estimate of drug-likeness (QED) is 0.284. The van der Waals surface area contributed by atoms with Gasteiger partial charge in [-0.05, 0) is 109 Å². The Bertz CT molecular complexity index is 885. The van der Waals surface area contributed by atoms with E-state index in [4.69, 9.17) is 4.74 Å². The van der Waals surface area contributed by atoms with Crippen LogP contribution in [-0.2, 0) is 9.53 Å². The third-order valence-electron chi connectivity index (χ3n) is 13.6. The van der Waals surface area contributed by atoms with E-state index < -0.39 is 0 Å². The molecule has 0 spiro atoms. The molecule has 4 fully saturated rings. The number of allylic oxidation sites excluding steroid dienone is 2. The van der Waals surface area contributed by atoms with Gasteiger partial charge in [-0.3, -0.25) is 4.79 Å². The van der Waals surface area contributed by atoms with Crippen LogP contribution in [0.2, 0.25) is 0 Å². The van der Waals surface area contributed by atoms with Crippen LogP contribution in [0.3, 0.4) is 0 Å². The molecule has 0 amide bonds. The van der Waals surface area contributed by atoms with Crippen LogP contribution in [0, 0.1) is 56.7 Å². The summed E-state index contributed by atoms with van der Waals surface area (Å²) >= 11 is 0. The molecule has 0 aromatic rings. The standard InChI is InChI=1S/C32H52O2/c1-20-12-15-29(6)18-19-31(8)23(27(29)21(20)2)10-11-25-30(7)16-14-26(34-22(3)33)28(4,5)24(30)13-17-32(25,31)9/h10,20-21,24-27H,11-19H2,1-9H3/t20-,21+,24+,25-,26+,27-,29-,30+,31-,32-/m1/s1. The second-order valence-electron chi connectivity index (χ2n) is 15.3. The molecule has 5 aliphatic rings. The van der Waals surface area contributed by atoms with Gasteiger partial charge in [-0.15, -0.1) is 0 Å². The van der Waals surface area contributed by atoms with E-state index in [1.54, 1.807) is 6.92 Å². The van der Waals surface area contributed by atoms with Crippen molar-refractivity contribution in [2.45, 2.75) is 126 Å². The highest BCUT2D eigenvalue weighted by Gasteiger charge is 2.68. The van der Waals surface area contributed by atoms with E-state index in [1.165, 1.54) is 51.4 Å². The fourth-order valence-electron chi connectivity index (χ4n) is 11.2. The number of carbonyl (C=O) groups is 1. The van der Waals surface area contributed by atoms with Gasteiger partial charge in [0.25, 0.3) is 0 Å². The van der Waals surface area contributed by atoms with Crippen LogP contribution in [0.25, 0.3) is 0 Å². The van der Waals surface area contributed by atoms with Crippen molar-refractivity contribution in [1.29, 1.82) is 0 Å². The summed E-state index contributed by atoms with van der Waals surface area (Å²) in [4.78, 5) is 11.9. The molecule has 0 bridgehead atoms. The average molecular weight is 469 g/mol. The van der Waals surface area contributed by atoms with Gasteiger partial charge >= 0.3 is 5.97 Å². The van der Waals surface area contributed by atoms with Crippen LogP contribution < -0.4 is 0 Å². The number of hydrogen-bond donors (Lipinski definition) is 0. The summed E-state index contributed by atoms with van der Waals surface area (Å²) in [5.41, 5.74) is 3.44. The molecule has 0 saturated heterocycles. The summed E-state index contributed by atoms with van der Waals surface area (Å²) in [7, 11) is 0. The summed E-state index contributed by atoms with van der Waals surface area (Å²) in [5, 5.41) is 0. The van der Waals surface area contributed by atoms with Crippen molar-refractivity contribution < 1.29 is 9.53 Å². The van der Waals surface area contributed by atoms with E-state index in [1.807, 2.05) is 5.57 Å². The molecule has 0 radical (unpaired) electrons. The fourth-order valence-corrected chi connectivity index (χ4v) is 11.2. The molecule has 0 heterocycles. The van der Waals surface area contributed by atoms with Crippen molar-refractivity contribution in [2.75, 3.05) is 0 Å². The number of ether oxygens (including phenoxy) is 1. The Balaban J connectivity index is 1.54. The monoisotopic (exact) mass is 468 g/mol. The molecular weight excluding hydrogens is 416 g/mol. The molecule has 5 aliphatic carbocycles. The number of esters is 1. The van der Waals surface area contributed by atoms with Crippen molar-refractivity contribution in [3.05, 3.63) is 11.6 Å². The maximum atomic E-state index is 11.9. The molecule has 0 aliphatic heterocycles. The topological polar surface area (TPSA) is 26.3 Å². The molecule has 4 saturated carbocycles. The molecule has 0 aromatic carbocycles. The fraction of sp³-hybridized carbons (Fsp3) is 0.906. The molecule has 5 rings (SSSR count). The minimum atomic E-state index is -0.110. The van der Waals surface area contributed by atoms with Crippen molar-refractivity contribution in [2.24, 2.45) is 56.7 Å². The van der Waals surface area contributed by atoms with Crippen LogP contribution in [0.1, 0.15) is 120 Å². The van der Waals surface area contributed by atoms with Crippen molar-refractivity contribution in [3.63, 3.8) is 0 Å².